The molecule has 0 bridgehead atoms. The molecule has 0 aliphatic carbocycles. The largest absolute Gasteiger partial charge is 0.319 e. The molecular weight excluding hydrogens is 376 g/mol. The molecule has 1 amide bonds. The first-order chi connectivity index (χ1) is 12.4. The Morgan fingerprint density at radius 1 is 1.19 bits per heavy atom. The van der Waals surface area contributed by atoms with Gasteiger partial charge in [0.15, 0.2) is 0 Å². The van der Waals surface area contributed by atoms with Crippen LogP contribution in [0.25, 0.3) is 0 Å². The molecule has 1 aromatic heterocycles. The monoisotopic (exact) mass is 391 g/mol. The van der Waals surface area contributed by atoms with Crippen LogP contribution in [0.1, 0.15) is 27.2 Å². The summed E-state index contributed by atoms with van der Waals surface area (Å²) < 4.78 is 15.5. The molecule has 0 spiro atoms. The number of nitrogens with one attached hydrogen (secondary N) is 1. The van der Waals surface area contributed by atoms with Crippen LogP contribution in [0.5, 0.6) is 0 Å². The fourth-order valence-corrected chi connectivity index (χ4v) is 3.13. The Hall–Kier alpha value is -2.37. The topological polar surface area (TPSA) is 46.9 Å². The van der Waals surface area contributed by atoms with E-state index >= 15 is 0 Å². The van der Waals surface area contributed by atoms with Crippen LogP contribution in [-0.2, 0) is 6.54 Å². The quantitative estimate of drug-likeness (QED) is 0.660. The molecule has 3 rings (SSSR count). The lowest BCUT2D eigenvalue weighted by molar-refractivity contribution is 0.102. The molecule has 1 N–H and O–H groups in total. The summed E-state index contributed by atoms with van der Waals surface area (Å²) in [4.78, 5) is 12.6. The van der Waals surface area contributed by atoms with Gasteiger partial charge >= 0.3 is 0 Å². The minimum absolute atomic E-state index is 0.0925. The predicted molar refractivity (Wildman–Crippen MR) is 102 cm³/mol. The van der Waals surface area contributed by atoms with E-state index in [9.17, 15) is 9.18 Å². The molecule has 0 atom stereocenters. The van der Waals surface area contributed by atoms with E-state index in [1.165, 1.54) is 16.8 Å². The average molecular weight is 392 g/mol. The fourth-order valence-electron chi connectivity index (χ4n) is 2.61. The highest BCUT2D eigenvalue weighted by Gasteiger charge is 2.21. The van der Waals surface area contributed by atoms with Crippen molar-refractivity contribution in [1.82, 2.24) is 9.78 Å². The summed E-state index contributed by atoms with van der Waals surface area (Å²) >= 11 is 12.5. The molecular formula is C19H16Cl2FN3O. The number of carbonyl (C=O) groups excluding carboxylic acids is 1. The van der Waals surface area contributed by atoms with Crippen molar-refractivity contribution in [2.75, 3.05) is 5.32 Å². The number of anilines is 1. The van der Waals surface area contributed by atoms with E-state index in [-0.39, 0.29) is 16.4 Å². The number of aromatic nitrogens is 2. The number of aryl methyl sites for hydroxylation is 2. The maximum absolute atomic E-state index is 14.0. The molecule has 4 nitrogen and oxygen atoms in total. The number of halogens is 3. The molecule has 7 heteroatoms. The molecule has 1 heterocycles. The van der Waals surface area contributed by atoms with Crippen LogP contribution in [0.3, 0.4) is 0 Å². The van der Waals surface area contributed by atoms with E-state index in [1.54, 1.807) is 26.0 Å². The molecule has 3 aromatic rings. The highest BCUT2D eigenvalue weighted by Crippen LogP contribution is 2.25. The summed E-state index contributed by atoms with van der Waals surface area (Å²) in [5.74, 6) is -1.02. The third-order valence-electron chi connectivity index (χ3n) is 3.94. The zero-order valence-electron chi connectivity index (χ0n) is 14.2. The minimum atomic E-state index is -0.513. The Kier molecular flexibility index (Phi) is 5.30. The van der Waals surface area contributed by atoms with E-state index in [1.807, 2.05) is 18.2 Å². The van der Waals surface area contributed by atoms with Gasteiger partial charge in [-0.1, -0.05) is 47.5 Å². The van der Waals surface area contributed by atoms with Crippen LogP contribution in [-0.4, -0.2) is 15.7 Å². The van der Waals surface area contributed by atoms with Gasteiger partial charge in [-0.3, -0.25) is 4.79 Å². The second-order valence-corrected chi connectivity index (χ2v) is 6.70. The van der Waals surface area contributed by atoms with E-state index in [0.29, 0.717) is 17.3 Å². The lowest BCUT2D eigenvalue weighted by Crippen LogP contribution is -2.14. The van der Waals surface area contributed by atoms with Crippen LogP contribution in [0.15, 0.2) is 42.5 Å². The van der Waals surface area contributed by atoms with Crippen LogP contribution in [0.4, 0.5) is 10.1 Å². The van der Waals surface area contributed by atoms with Crippen LogP contribution >= 0.6 is 23.2 Å². The SMILES string of the molecule is Cc1ccc(NC(=O)c2c(C)nn(Cc3ccccc3Cl)c2Cl)c(F)c1. The maximum Gasteiger partial charge on any atom is 0.260 e. The fraction of sp³-hybridized carbons (Fsp3) is 0.158. The Morgan fingerprint density at radius 2 is 1.92 bits per heavy atom. The Morgan fingerprint density at radius 3 is 2.62 bits per heavy atom. The summed E-state index contributed by atoms with van der Waals surface area (Å²) in [5.41, 5.74) is 2.35. The highest BCUT2D eigenvalue weighted by atomic mass is 35.5. The molecule has 2 aromatic carbocycles. The number of hydrogen-bond acceptors (Lipinski definition) is 2. The second-order valence-electron chi connectivity index (χ2n) is 5.94. The average Bonchev–Trinajstić information content (AvgIpc) is 2.86. The molecule has 0 aliphatic rings. The second kappa shape index (κ2) is 7.48. The van der Waals surface area contributed by atoms with Gasteiger partial charge in [-0.05, 0) is 43.2 Å². The molecule has 0 unspecified atom stereocenters. The predicted octanol–water partition coefficient (Wildman–Crippen LogP) is 5.25. The number of benzene rings is 2. The number of rotatable bonds is 4. The van der Waals surface area contributed by atoms with Gasteiger partial charge < -0.3 is 5.32 Å². The van der Waals surface area contributed by atoms with Crippen molar-refractivity contribution >= 4 is 34.8 Å². The summed E-state index contributed by atoms with van der Waals surface area (Å²) in [6, 6.07) is 11.9. The minimum Gasteiger partial charge on any atom is -0.319 e. The summed E-state index contributed by atoms with van der Waals surface area (Å²) in [6.07, 6.45) is 0. The zero-order chi connectivity index (χ0) is 18.8. The van der Waals surface area contributed by atoms with E-state index in [0.717, 1.165) is 11.1 Å². The van der Waals surface area contributed by atoms with Gasteiger partial charge in [-0.2, -0.15) is 5.10 Å². The van der Waals surface area contributed by atoms with Crippen LogP contribution in [0, 0.1) is 19.7 Å². The third kappa shape index (κ3) is 3.74. The first kappa shape index (κ1) is 18.4. The first-order valence-electron chi connectivity index (χ1n) is 7.90. The van der Waals surface area contributed by atoms with Crippen LogP contribution in [0.2, 0.25) is 10.2 Å². The van der Waals surface area contributed by atoms with Gasteiger partial charge in [-0.15, -0.1) is 0 Å². The van der Waals surface area contributed by atoms with Crippen molar-refractivity contribution < 1.29 is 9.18 Å². The van der Waals surface area contributed by atoms with Gasteiger partial charge in [0.1, 0.15) is 11.0 Å². The standard InChI is InChI=1S/C19H16Cl2FN3O/c1-11-7-8-16(15(22)9-11)23-19(26)17-12(2)24-25(18(17)21)10-13-5-3-4-6-14(13)20/h3-9H,10H2,1-2H3,(H,23,26). The smallest absolute Gasteiger partial charge is 0.260 e. The number of amides is 1. The van der Waals surface area contributed by atoms with Crippen molar-refractivity contribution in [2.24, 2.45) is 0 Å². The van der Waals surface area contributed by atoms with Crippen molar-refractivity contribution in [2.45, 2.75) is 20.4 Å². The Balaban J connectivity index is 1.87. The molecule has 134 valence electrons. The van der Waals surface area contributed by atoms with Crippen LogP contribution < -0.4 is 5.32 Å². The molecule has 0 saturated heterocycles. The highest BCUT2D eigenvalue weighted by molar-refractivity contribution is 6.34. The summed E-state index contributed by atoms with van der Waals surface area (Å²) in [5, 5.41) is 7.62. The maximum atomic E-state index is 14.0. The number of carbonyl (C=O) groups is 1. The normalized spacial score (nSPS) is 10.8. The van der Waals surface area contributed by atoms with Crippen molar-refractivity contribution in [1.29, 1.82) is 0 Å². The molecule has 0 radical (unpaired) electrons. The van der Waals surface area contributed by atoms with Crippen molar-refractivity contribution in [3.05, 3.63) is 80.8 Å². The molecule has 0 aliphatic heterocycles. The van der Waals surface area contributed by atoms with Crippen molar-refractivity contribution in [3.8, 4) is 0 Å². The van der Waals surface area contributed by atoms with E-state index in [4.69, 9.17) is 23.2 Å². The Bertz CT molecular complexity index is 985. The molecule has 0 saturated carbocycles. The molecule has 0 fully saturated rings. The lowest BCUT2D eigenvalue weighted by atomic mass is 10.2. The third-order valence-corrected chi connectivity index (χ3v) is 4.70. The summed E-state index contributed by atoms with van der Waals surface area (Å²) in [7, 11) is 0. The first-order valence-corrected chi connectivity index (χ1v) is 8.66. The number of nitrogens with zero attached hydrogens (tertiary/aromatic N) is 2. The summed E-state index contributed by atoms with van der Waals surface area (Å²) in [6.45, 7) is 3.77. The van der Waals surface area contributed by atoms with Gasteiger partial charge in [0, 0.05) is 5.02 Å². The van der Waals surface area contributed by atoms with E-state index < -0.39 is 11.7 Å². The van der Waals surface area contributed by atoms with Gasteiger partial charge in [0.2, 0.25) is 0 Å². The zero-order valence-corrected chi connectivity index (χ0v) is 15.7. The van der Waals surface area contributed by atoms with E-state index in [2.05, 4.69) is 10.4 Å². The number of hydrogen-bond donors (Lipinski definition) is 1. The molecule has 26 heavy (non-hydrogen) atoms. The van der Waals surface area contributed by atoms with Gasteiger partial charge in [0.05, 0.1) is 23.5 Å². The Labute approximate surface area is 160 Å². The van der Waals surface area contributed by atoms with Gasteiger partial charge in [-0.25, -0.2) is 9.07 Å². The lowest BCUT2D eigenvalue weighted by Gasteiger charge is -2.08. The van der Waals surface area contributed by atoms with Gasteiger partial charge in [0.25, 0.3) is 5.91 Å². The van der Waals surface area contributed by atoms with Crippen molar-refractivity contribution in [3.63, 3.8) is 0 Å².